The average molecular weight is 311 g/mol. The van der Waals surface area contributed by atoms with Gasteiger partial charge in [-0.15, -0.1) is 0 Å². The predicted molar refractivity (Wildman–Crippen MR) is 82.1 cm³/mol. The minimum atomic E-state index is 0.530. The summed E-state index contributed by atoms with van der Waals surface area (Å²) in [7, 11) is 0. The summed E-state index contributed by atoms with van der Waals surface area (Å²) in [6, 6.07) is 7.26. The summed E-state index contributed by atoms with van der Waals surface area (Å²) in [5, 5.41) is 3.45. The first kappa shape index (κ1) is 13.9. The largest absolute Gasteiger partial charge is 0.370 e. The van der Waals surface area contributed by atoms with Gasteiger partial charge in [0.15, 0.2) is 0 Å². The van der Waals surface area contributed by atoms with Crippen LogP contribution >= 0.6 is 15.9 Å². The lowest BCUT2D eigenvalue weighted by molar-refractivity contribution is 0.588. The molecule has 1 aromatic rings. The van der Waals surface area contributed by atoms with Crippen LogP contribution in [0.1, 0.15) is 32.8 Å². The Morgan fingerprint density at radius 1 is 1.44 bits per heavy atom. The number of anilines is 1. The van der Waals surface area contributed by atoms with Crippen LogP contribution in [0.15, 0.2) is 22.7 Å². The van der Waals surface area contributed by atoms with E-state index in [1.165, 1.54) is 35.2 Å². The number of hydrogen-bond donors (Lipinski definition) is 1. The molecule has 0 radical (unpaired) electrons. The summed E-state index contributed by atoms with van der Waals surface area (Å²) in [5.41, 5.74) is 2.68. The van der Waals surface area contributed by atoms with Crippen LogP contribution in [0.4, 0.5) is 5.69 Å². The molecule has 1 aromatic carbocycles. The quantitative estimate of drug-likeness (QED) is 0.910. The van der Waals surface area contributed by atoms with Gasteiger partial charge >= 0.3 is 0 Å². The third-order valence-electron chi connectivity index (χ3n) is 3.49. The second-order valence-corrected chi connectivity index (χ2v) is 6.52. The van der Waals surface area contributed by atoms with E-state index in [0.29, 0.717) is 6.04 Å². The number of halogens is 1. The highest BCUT2D eigenvalue weighted by atomic mass is 79.9. The second-order valence-electron chi connectivity index (χ2n) is 5.66. The third-order valence-corrected chi connectivity index (χ3v) is 4.13. The van der Waals surface area contributed by atoms with E-state index in [2.05, 4.69) is 65.1 Å². The number of benzene rings is 1. The van der Waals surface area contributed by atoms with Crippen molar-refractivity contribution in [2.45, 2.75) is 39.8 Å². The van der Waals surface area contributed by atoms with Crippen LogP contribution in [0, 0.1) is 5.92 Å². The molecule has 1 atom stereocenters. The van der Waals surface area contributed by atoms with Crippen LogP contribution in [0.2, 0.25) is 0 Å². The van der Waals surface area contributed by atoms with E-state index in [-0.39, 0.29) is 0 Å². The van der Waals surface area contributed by atoms with Gasteiger partial charge in [-0.3, -0.25) is 0 Å². The Balaban J connectivity index is 2.05. The highest BCUT2D eigenvalue weighted by Gasteiger charge is 2.20. The molecule has 3 heteroatoms. The Kier molecular flexibility index (Phi) is 4.68. The number of nitrogens with zero attached hydrogens (tertiary/aromatic N) is 1. The van der Waals surface area contributed by atoms with Crippen molar-refractivity contribution in [1.29, 1.82) is 0 Å². The molecule has 18 heavy (non-hydrogen) atoms. The molecule has 1 fully saturated rings. The first-order valence-electron chi connectivity index (χ1n) is 6.83. The van der Waals surface area contributed by atoms with Crippen LogP contribution in [0.5, 0.6) is 0 Å². The van der Waals surface area contributed by atoms with Crippen LogP contribution in [0.3, 0.4) is 0 Å². The normalized spacial score (nSPS) is 19.8. The molecule has 0 bridgehead atoms. The summed E-state index contributed by atoms with van der Waals surface area (Å²) in [5.74, 6) is 0.819. The standard InChI is InChI=1S/C15H23BrN2/c1-11(2)17-9-13-4-5-15(14(16)8-13)18-7-6-12(3)10-18/h4-5,8,11-12,17H,6-7,9-10H2,1-3H3. The molecule has 100 valence electrons. The predicted octanol–water partition coefficient (Wildman–Crippen LogP) is 3.79. The van der Waals surface area contributed by atoms with Gasteiger partial charge in [-0.05, 0) is 46.0 Å². The van der Waals surface area contributed by atoms with Crippen molar-refractivity contribution < 1.29 is 0 Å². The van der Waals surface area contributed by atoms with Crippen LogP contribution in [0.25, 0.3) is 0 Å². The molecule has 1 unspecified atom stereocenters. The van der Waals surface area contributed by atoms with Crippen molar-refractivity contribution in [1.82, 2.24) is 5.32 Å². The molecule has 2 rings (SSSR count). The van der Waals surface area contributed by atoms with Gasteiger partial charge in [-0.1, -0.05) is 26.8 Å². The zero-order valence-corrected chi connectivity index (χ0v) is 13.1. The Labute approximate surface area is 119 Å². The maximum Gasteiger partial charge on any atom is 0.0510 e. The Bertz CT molecular complexity index is 403. The minimum Gasteiger partial charge on any atom is -0.370 e. The molecule has 0 amide bonds. The smallest absolute Gasteiger partial charge is 0.0510 e. The molecule has 0 spiro atoms. The highest BCUT2D eigenvalue weighted by molar-refractivity contribution is 9.10. The average Bonchev–Trinajstić information content (AvgIpc) is 2.73. The molecular weight excluding hydrogens is 288 g/mol. The molecule has 2 nitrogen and oxygen atoms in total. The minimum absolute atomic E-state index is 0.530. The van der Waals surface area contributed by atoms with Crippen molar-refractivity contribution >= 4 is 21.6 Å². The molecule has 0 saturated carbocycles. The van der Waals surface area contributed by atoms with Gasteiger partial charge in [0.05, 0.1) is 5.69 Å². The first-order chi connectivity index (χ1) is 8.56. The van der Waals surface area contributed by atoms with Gasteiger partial charge in [0.1, 0.15) is 0 Å². The molecule has 1 N–H and O–H groups in total. The lowest BCUT2D eigenvalue weighted by Crippen LogP contribution is -2.22. The maximum absolute atomic E-state index is 3.71. The van der Waals surface area contributed by atoms with Gasteiger partial charge in [0.2, 0.25) is 0 Å². The van der Waals surface area contributed by atoms with Gasteiger partial charge < -0.3 is 10.2 Å². The number of nitrogens with one attached hydrogen (secondary N) is 1. The van der Waals surface area contributed by atoms with Gasteiger partial charge in [-0.2, -0.15) is 0 Å². The fourth-order valence-electron chi connectivity index (χ4n) is 2.39. The first-order valence-corrected chi connectivity index (χ1v) is 7.62. The molecule has 1 heterocycles. The fraction of sp³-hybridized carbons (Fsp3) is 0.600. The summed E-state index contributed by atoms with van der Waals surface area (Å²) in [4.78, 5) is 2.48. The lowest BCUT2D eigenvalue weighted by atomic mass is 10.1. The van der Waals surface area contributed by atoms with Crippen molar-refractivity contribution in [3.8, 4) is 0 Å². The van der Waals surface area contributed by atoms with Gasteiger partial charge in [-0.25, -0.2) is 0 Å². The molecule has 1 saturated heterocycles. The summed E-state index contributed by atoms with van der Waals surface area (Å²) in [6.07, 6.45) is 1.31. The third kappa shape index (κ3) is 3.48. The second kappa shape index (κ2) is 6.07. The molecule has 0 aliphatic carbocycles. The Morgan fingerprint density at radius 2 is 2.22 bits per heavy atom. The van der Waals surface area contributed by atoms with E-state index >= 15 is 0 Å². The lowest BCUT2D eigenvalue weighted by Gasteiger charge is -2.20. The van der Waals surface area contributed by atoms with Crippen molar-refractivity contribution in [2.75, 3.05) is 18.0 Å². The van der Waals surface area contributed by atoms with Gasteiger partial charge in [0, 0.05) is 30.1 Å². The number of hydrogen-bond acceptors (Lipinski definition) is 2. The maximum atomic E-state index is 3.71. The van der Waals surface area contributed by atoms with E-state index in [9.17, 15) is 0 Å². The zero-order valence-electron chi connectivity index (χ0n) is 11.5. The van der Waals surface area contributed by atoms with Crippen LogP contribution in [-0.2, 0) is 6.54 Å². The summed E-state index contributed by atoms with van der Waals surface area (Å²) < 4.78 is 1.22. The number of rotatable bonds is 4. The van der Waals surface area contributed by atoms with Crippen molar-refractivity contribution in [3.63, 3.8) is 0 Å². The Hall–Kier alpha value is -0.540. The Morgan fingerprint density at radius 3 is 2.78 bits per heavy atom. The molecule has 0 aromatic heterocycles. The molecule has 1 aliphatic heterocycles. The highest BCUT2D eigenvalue weighted by Crippen LogP contribution is 2.31. The molecular formula is C15H23BrN2. The van der Waals surface area contributed by atoms with E-state index < -0.39 is 0 Å². The summed E-state index contributed by atoms with van der Waals surface area (Å²) >= 11 is 3.71. The van der Waals surface area contributed by atoms with Crippen molar-refractivity contribution in [2.24, 2.45) is 5.92 Å². The van der Waals surface area contributed by atoms with Gasteiger partial charge in [0.25, 0.3) is 0 Å². The van der Waals surface area contributed by atoms with E-state index in [4.69, 9.17) is 0 Å². The molecule has 1 aliphatic rings. The van der Waals surface area contributed by atoms with E-state index in [1.54, 1.807) is 0 Å². The topological polar surface area (TPSA) is 15.3 Å². The van der Waals surface area contributed by atoms with E-state index in [0.717, 1.165) is 12.5 Å². The fourth-order valence-corrected chi connectivity index (χ4v) is 3.07. The van der Waals surface area contributed by atoms with E-state index in [1.807, 2.05) is 0 Å². The summed E-state index contributed by atoms with van der Waals surface area (Å²) in [6.45, 7) is 9.98. The SMILES string of the molecule is CC1CCN(c2ccc(CNC(C)C)cc2Br)C1. The zero-order chi connectivity index (χ0) is 13.1. The monoisotopic (exact) mass is 310 g/mol. The van der Waals surface area contributed by atoms with Crippen molar-refractivity contribution in [3.05, 3.63) is 28.2 Å². The van der Waals surface area contributed by atoms with Crippen LogP contribution in [-0.4, -0.2) is 19.1 Å². The van der Waals surface area contributed by atoms with Crippen LogP contribution < -0.4 is 10.2 Å².